The van der Waals surface area contributed by atoms with Gasteiger partial charge in [-0.3, -0.25) is 4.79 Å². The molecule has 35 heavy (non-hydrogen) atoms. The second-order valence-corrected chi connectivity index (χ2v) is 7.58. The highest BCUT2D eigenvalue weighted by Gasteiger charge is 2.41. The van der Waals surface area contributed by atoms with Crippen molar-refractivity contribution >= 4 is 24.2 Å². The second kappa shape index (κ2) is 12.2. The molecule has 0 aromatic heterocycles. The largest absolute Gasteiger partial charge is 0.452 e. The Kier molecular flexibility index (Phi) is 8.86. The fourth-order valence-electron chi connectivity index (χ4n) is 3.23. The van der Waals surface area contributed by atoms with Crippen molar-refractivity contribution in [3.8, 4) is 0 Å². The van der Waals surface area contributed by atoms with Crippen molar-refractivity contribution in [1.29, 1.82) is 0 Å². The van der Waals surface area contributed by atoms with Gasteiger partial charge in [0.05, 0.1) is 22.8 Å². The van der Waals surface area contributed by atoms with Crippen molar-refractivity contribution < 1.29 is 38.5 Å². The molecule has 0 aliphatic carbocycles. The Balaban J connectivity index is 1.92. The molecule has 180 valence electrons. The number of benzene rings is 3. The zero-order chi connectivity index (χ0) is 25.2. The van der Waals surface area contributed by atoms with E-state index in [-0.39, 0.29) is 23.0 Å². The molecule has 0 bridgehead atoms. The third kappa shape index (κ3) is 6.84. The summed E-state index contributed by atoms with van der Waals surface area (Å²) in [6, 6.07) is 23.7. The fourth-order valence-corrected chi connectivity index (χ4v) is 3.23. The molecular weight excluding hydrogens is 452 g/mol. The minimum absolute atomic E-state index is 0.148. The first-order valence-corrected chi connectivity index (χ1v) is 10.8. The van der Waals surface area contributed by atoms with E-state index in [1.807, 2.05) is 0 Å². The van der Waals surface area contributed by atoms with Crippen LogP contribution in [0.15, 0.2) is 91.0 Å². The number of carbonyl (C=O) groups is 4. The summed E-state index contributed by atoms with van der Waals surface area (Å²) >= 11 is 0. The van der Waals surface area contributed by atoms with Crippen LogP contribution in [0.4, 0.5) is 0 Å². The van der Waals surface area contributed by atoms with Crippen molar-refractivity contribution in [3.05, 3.63) is 108 Å². The Bertz CT molecular complexity index is 1130. The van der Waals surface area contributed by atoms with E-state index in [2.05, 4.69) is 0 Å². The Hall–Kier alpha value is -4.30. The molecule has 0 saturated heterocycles. The van der Waals surface area contributed by atoms with E-state index in [0.717, 1.165) is 0 Å². The maximum Gasteiger partial charge on any atom is 0.338 e. The van der Waals surface area contributed by atoms with E-state index in [9.17, 15) is 24.3 Å². The molecule has 0 saturated carbocycles. The van der Waals surface area contributed by atoms with Crippen LogP contribution in [0.25, 0.3) is 0 Å². The zero-order valence-corrected chi connectivity index (χ0v) is 18.9. The molecule has 4 atom stereocenters. The van der Waals surface area contributed by atoms with Gasteiger partial charge in [-0.1, -0.05) is 54.6 Å². The smallest absolute Gasteiger partial charge is 0.338 e. The monoisotopic (exact) mass is 476 g/mol. The van der Waals surface area contributed by atoms with Crippen LogP contribution in [-0.4, -0.2) is 53.7 Å². The number of hydrogen-bond acceptors (Lipinski definition) is 8. The highest BCUT2D eigenvalue weighted by atomic mass is 16.6. The number of aldehydes is 1. The van der Waals surface area contributed by atoms with E-state index < -0.39 is 42.3 Å². The molecule has 0 aliphatic heterocycles. The lowest BCUT2D eigenvalue weighted by atomic mass is 10.0. The maximum atomic E-state index is 12.8. The Morgan fingerprint density at radius 2 is 0.971 bits per heavy atom. The number of aliphatic hydroxyl groups excluding tert-OH is 1. The van der Waals surface area contributed by atoms with E-state index in [1.54, 1.807) is 54.6 Å². The van der Waals surface area contributed by atoms with Crippen LogP contribution in [-0.2, 0) is 19.0 Å². The van der Waals surface area contributed by atoms with Crippen LogP contribution in [0.1, 0.15) is 38.0 Å². The molecule has 0 fully saturated rings. The van der Waals surface area contributed by atoms with Crippen LogP contribution >= 0.6 is 0 Å². The van der Waals surface area contributed by atoms with E-state index in [4.69, 9.17) is 14.2 Å². The lowest BCUT2D eigenvalue weighted by Crippen LogP contribution is -2.50. The predicted molar refractivity (Wildman–Crippen MR) is 125 cm³/mol. The molecule has 8 heteroatoms. The van der Waals surface area contributed by atoms with Crippen molar-refractivity contribution in [1.82, 2.24) is 0 Å². The number of carbonyl (C=O) groups excluding carboxylic acids is 4. The summed E-state index contributed by atoms with van der Waals surface area (Å²) in [5.74, 6) is -2.54. The minimum Gasteiger partial charge on any atom is -0.452 e. The van der Waals surface area contributed by atoms with Gasteiger partial charge in [0.2, 0.25) is 0 Å². The average molecular weight is 476 g/mol. The van der Waals surface area contributed by atoms with Crippen LogP contribution in [0, 0.1) is 0 Å². The number of esters is 3. The number of hydrogen-bond donors (Lipinski definition) is 1. The van der Waals surface area contributed by atoms with E-state index in [0.29, 0.717) is 0 Å². The van der Waals surface area contributed by atoms with Gasteiger partial charge >= 0.3 is 17.9 Å². The summed E-state index contributed by atoms with van der Waals surface area (Å²) in [5, 5.41) is 10.4. The van der Waals surface area contributed by atoms with Crippen molar-refractivity contribution in [2.75, 3.05) is 0 Å². The normalized spacial score (nSPS) is 14.0. The topological polar surface area (TPSA) is 116 Å². The van der Waals surface area contributed by atoms with Crippen LogP contribution in [0.2, 0.25) is 0 Å². The average Bonchev–Trinajstić information content (AvgIpc) is 2.90. The summed E-state index contributed by atoms with van der Waals surface area (Å²) < 4.78 is 16.3. The standard InChI is InChI=1S/C27H24O8/c1-18(29)23(34-26(31)20-13-7-3-8-14-20)24(35-27(32)21-15-9-4-10-16-21)22(17-28)33-25(30)19-11-5-2-6-12-19/h2-18,22-24,29H,1H3/t18-,22+,23-,24+/m1/s1. The predicted octanol–water partition coefficient (Wildman–Crippen LogP) is 3.24. The first-order valence-electron chi connectivity index (χ1n) is 10.8. The molecule has 1 N–H and O–H groups in total. The lowest BCUT2D eigenvalue weighted by molar-refractivity contribution is -0.137. The molecule has 0 aliphatic rings. The van der Waals surface area contributed by atoms with E-state index >= 15 is 0 Å². The molecule has 0 amide bonds. The van der Waals surface area contributed by atoms with Gasteiger partial charge in [-0.25, -0.2) is 14.4 Å². The Morgan fingerprint density at radius 1 is 0.629 bits per heavy atom. The molecule has 0 radical (unpaired) electrons. The van der Waals surface area contributed by atoms with Crippen molar-refractivity contribution in [3.63, 3.8) is 0 Å². The minimum atomic E-state index is -1.68. The molecular formula is C27H24O8. The first-order chi connectivity index (χ1) is 16.9. The molecule has 8 nitrogen and oxygen atoms in total. The third-order valence-corrected chi connectivity index (χ3v) is 5.02. The van der Waals surface area contributed by atoms with Gasteiger partial charge in [0.25, 0.3) is 0 Å². The molecule has 3 rings (SSSR count). The summed E-state index contributed by atoms with van der Waals surface area (Å²) in [7, 11) is 0. The summed E-state index contributed by atoms with van der Waals surface area (Å²) in [5.41, 5.74) is 0.479. The first kappa shape index (κ1) is 25.3. The molecule has 3 aromatic rings. The van der Waals surface area contributed by atoms with Gasteiger partial charge in [-0.2, -0.15) is 0 Å². The lowest BCUT2D eigenvalue weighted by Gasteiger charge is -2.31. The summed E-state index contributed by atoms with van der Waals surface area (Å²) in [4.78, 5) is 50.2. The van der Waals surface area contributed by atoms with Gasteiger partial charge in [0.1, 0.15) is 0 Å². The Labute approximate surface area is 202 Å². The highest BCUT2D eigenvalue weighted by molar-refractivity contribution is 5.92. The van der Waals surface area contributed by atoms with Gasteiger partial charge in [0, 0.05) is 0 Å². The molecule has 0 unspecified atom stereocenters. The van der Waals surface area contributed by atoms with Gasteiger partial charge in [0.15, 0.2) is 24.6 Å². The number of rotatable bonds is 10. The summed E-state index contributed by atoms with van der Waals surface area (Å²) in [6.07, 6.45) is -5.99. The third-order valence-electron chi connectivity index (χ3n) is 5.02. The molecule has 0 spiro atoms. The van der Waals surface area contributed by atoms with Crippen LogP contribution in [0.5, 0.6) is 0 Å². The molecule has 0 heterocycles. The maximum absolute atomic E-state index is 12.8. The second-order valence-electron chi connectivity index (χ2n) is 7.58. The quantitative estimate of drug-likeness (QED) is 0.269. The van der Waals surface area contributed by atoms with Crippen LogP contribution in [0.3, 0.4) is 0 Å². The van der Waals surface area contributed by atoms with Crippen molar-refractivity contribution in [2.45, 2.75) is 31.3 Å². The zero-order valence-electron chi connectivity index (χ0n) is 18.9. The van der Waals surface area contributed by atoms with Crippen molar-refractivity contribution in [2.24, 2.45) is 0 Å². The Morgan fingerprint density at radius 3 is 1.31 bits per heavy atom. The fraction of sp³-hybridized carbons (Fsp3) is 0.185. The van der Waals surface area contributed by atoms with Gasteiger partial charge in [-0.05, 0) is 43.3 Å². The number of aliphatic hydroxyl groups is 1. The SMILES string of the molecule is C[C@@H](O)[C@@H](OC(=O)c1ccccc1)[C@@H](OC(=O)c1ccccc1)[C@H](C=O)OC(=O)c1ccccc1. The highest BCUT2D eigenvalue weighted by Crippen LogP contribution is 2.20. The van der Waals surface area contributed by atoms with E-state index in [1.165, 1.54) is 43.3 Å². The van der Waals surface area contributed by atoms with Gasteiger partial charge < -0.3 is 19.3 Å². The van der Waals surface area contributed by atoms with Gasteiger partial charge in [-0.15, -0.1) is 0 Å². The summed E-state index contributed by atoms with van der Waals surface area (Å²) in [6.45, 7) is 1.30. The van der Waals surface area contributed by atoms with Crippen LogP contribution < -0.4 is 0 Å². The molecule has 3 aromatic carbocycles. The number of ether oxygens (including phenoxy) is 3.